The molecular formula is C11H6F3NO3. The third kappa shape index (κ3) is 2.79. The maximum Gasteiger partial charge on any atom is 0.573 e. The van der Waals surface area contributed by atoms with Gasteiger partial charge in [0.25, 0.3) is 0 Å². The van der Waals surface area contributed by atoms with Crippen LogP contribution in [0.3, 0.4) is 0 Å². The van der Waals surface area contributed by atoms with Crippen LogP contribution in [0.2, 0.25) is 0 Å². The smallest absolute Gasteiger partial charge is 0.406 e. The number of cyclic esters (lactones) is 1. The molecule has 0 aromatic heterocycles. The number of nitrogens with zero attached hydrogens (tertiary/aromatic N) is 1. The van der Waals surface area contributed by atoms with Crippen LogP contribution in [-0.4, -0.2) is 24.8 Å². The summed E-state index contributed by atoms with van der Waals surface area (Å²) in [6.45, 7) is 5.39. The molecular weight excluding hydrogens is 251 g/mol. The van der Waals surface area contributed by atoms with Crippen molar-refractivity contribution < 1.29 is 27.4 Å². The molecule has 0 N–H and O–H groups in total. The number of ether oxygens (including phenoxy) is 2. The van der Waals surface area contributed by atoms with E-state index < -0.39 is 18.1 Å². The van der Waals surface area contributed by atoms with E-state index in [9.17, 15) is 18.0 Å². The van der Waals surface area contributed by atoms with Crippen LogP contribution in [0.4, 0.5) is 13.2 Å². The van der Waals surface area contributed by atoms with Crippen molar-refractivity contribution in [2.45, 2.75) is 6.36 Å². The van der Waals surface area contributed by atoms with Crippen molar-refractivity contribution in [2.75, 3.05) is 6.54 Å². The second kappa shape index (κ2) is 4.32. The Morgan fingerprint density at radius 2 is 2.11 bits per heavy atom. The average Bonchev–Trinajstić information content (AvgIpc) is 2.66. The highest BCUT2D eigenvalue weighted by Crippen LogP contribution is 2.26. The topological polar surface area (TPSA) is 47.9 Å². The van der Waals surface area contributed by atoms with Gasteiger partial charge in [0.2, 0.25) is 5.90 Å². The van der Waals surface area contributed by atoms with Crippen LogP contribution in [0.1, 0.15) is 11.1 Å². The molecule has 4 nitrogen and oxygen atoms in total. The van der Waals surface area contributed by atoms with Gasteiger partial charge in [0.05, 0.1) is 0 Å². The molecule has 0 atom stereocenters. The number of esters is 1. The van der Waals surface area contributed by atoms with Crippen LogP contribution < -0.4 is 4.74 Å². The molecule has 94 valence electrons. The van der Waals surface area contributed by atoms with Crippen molar-refractivity contribution in [3.63, 3.8) is 0 Å². The van der Waals surface area contributed by atoms with Gasteiger partial charge in [0, 0.05) is 5.56 Å². The van der Waals surface area contributed by atoms with E-state index in [-0.39, 0.29) is 23.6 Å². The molecule has 1 aliphatic heterocycles. The first kappa shape index (κ1) is 12.4. The Balaban J connectivity index is 2.30. The molecule has 1 heterocycles. The Morgan fingerprint density at radius 3 is 2.67 bits per heavy atom. The number of hydrogen-bond acceptors (Lipinski definition) is 4. The summed E-state index contributed by atoms with van der Waals surface area (Å²) < 4.78 is 44.6. The molecule has 1 aliphatic rings. The van der Waals surface area contributed by atoms with Crippen LogP contribution in [0.25, 0.3) is 0 Å². The Labute approximate surface area is 100 Å². The van der Waals surface area contributed by atoms with Gasteiger partial charge in [0.1, 0.15) is 12.3 Å². The summed E-state index contributed by atoms with van der Waals surface area (Å²) in [5.41, 5.74) is 0.223. The first-order chi connectivity index (χ1) is 8.35. The standard InChI is InChI=1S/C11H6F3NO3/c1-6-2-3-7(18-11(12,13)14)4-8(6)10-15-5-9(16)17-10/h1-4H,5H2. The lowest BCUT2D eigenvalue weighted by Gasteiger charge is -2.11. The zero-order chi connectivity index (χ0) is 13.3. The highest BCUT2D eigenvalue weighted by atomic mass is 19.4. The Bertz CT molecular complexity index is 523. The third-order valence-corrected chi connectivity index (χ3v) is 2.05. The molecule has 0 unspecified atom stereocenters. The first-order valence-electron chi connectivity index (χ1n) is 4.76. The molecule has 0 fully saturated rings. The van der Waals surface area contributed by atoms with E-state index in [2.05, 4.69) is 9.73 Å². The minimum atomic E-state index is -4.80. The molecule has 0 aliphatic carbocycles. The number of benzene rings is 1. The minimum Gasteiger partial charge on any atom is -0.406 e. The predicted molar refractivity (Wildman–Crippen MR) is 54.0 cm³/mol. The summed E-state index contributed by atoms with van der Waals surface area (Å²) in [7, 11) is 0. The summed E-state index contributed by atoms with van der Waals surface area (Å²) >= 11 is 0. The molecule has 18 heavy (non-hydrogen) atoms. The third-order valence-electron chi connectivity index (χ3n) is 2.05. The fourth-order valence-corrected chi connectivity index (χ4v) is 1.37. The van der Waals surface area contributed by atoms with Crippen molar-refractivity contribution in [2.24, 2.45) is 4.99 Å². The Hall–Kier alpha value is -2.05. The van der Waals surface area contributed by atoms with Gasteiger partial charge in [-0.2, -0.15) is 0 Å². The van der Waals surface area contributed by atoms with Gasteiger partial charge >= 0.3 is 12.3 Å². The van der Waals surface area contributed by atoms with E-state index in [1.807, 2.05) is 0 Å². The van der Waals surface area contributed by atoms with E-state index in [0.29, 0.717) is 0 Å². The Morgan fingerprint density at radius 1 is 1.39 bits per heavy atom. The summed E-state index contributed by atoms with van der Waals surface area (Å²) in [6.07, 6.45) is -4.80. The van der Waals surface area contributed by atoms with Gasteiger partial charge < -0.3 is 9.47 Å². The van der Waals surface area contributed by atoms with Crippen molar-refractivity contribution in [1.29, 1.82) is 0 Å². The van der Waals surface area contributed by atoms with Crippen molar-refractivity contribution in [3.05, 3.63) is 36.2 Å². The average molecular weight is 257 g/mol. The molecule has 0 spiro atoms. The zero-order valence-corrected chi connectivity index (χ0v) is 8.82. The fraction of sp³-hybridized carbons (Fsp3) is 0.182. The second-order valence-corrected chi connectivity index (χ2v) is 3.39. The highest BCUT2D eigenvalue weighted by molar-refractivity contribution is 6.06. The van der Waals surface area contributed by atoms with Crippen molar-refractivity contribution in [1.82, 2.24) is 0 Å². The maximum atomic E-state index is 12.0. The van der Waals surface area contributed by atoms with E-state index in [0.717, 1.165) is 12.1 Å². The predicted octanol–water partition coefficient (Wildman–Crippen LogP) is 1.95. The summed E-state index contributed by atoms with van der Waals surface area (Å²) in [6, 6.07) is 3.29. The first-order valence-corrected chi connectivity index (χ1v) is 4.76. The number of carbonyl (C=O) groups is 1. The molecule has 0 amide bonds. The molecule has 0 saturated carbocycles. The van der Waals surface area contributed by atoms with Crippen LogP contribution >= 0.6 is 0 Å². The van der Waals surface area contributed by atoms with Gasteiger partial charge in [0.15, 0.2) is 0 Å². The summed E-state index contributed by atoms with van der Waals surface area (Å²) in [5.74, 6) is -1.16. The fourth-order valence-electron chi connectivity index (χ4n) is 1.37. The van der Waals surface area contributed by atoms with E-state index in [1.165, 1.54) is 6.07 Å². The molecule has 2 radical (unpaired) electrons. The van der Waals surface area contributed by atoms with Gasteiger partial charge in [-0.05, 0) is 24.6 Å². The molecule has 0 bridgehead atoms. The summed E-state index contributed by atoms with van der Waals surface area (Å²) in [4.78, 5) is 14.6. The number of aliphatic imine (C=N–C) groups is 1. The van der Waals surface area contributed by atoms with Gasteiger partial charge in [-0.15, -0.1) is 13.2 Å². The summed E-state index contributed by atoms with van der Waals surface area (Å²) in [5, 5.41) is 0. The number of hydrogen-bond donors (Lipinski definition) is 0. The van der Waals surface area contributed by atoms with Crippen LogP contribution in [0.15, 0.2) is 23.2 Å². The number of alkyl halides is 3. The lowest BCUT2D eigenvalue weighted by atomic mass is 10.1. The SMILES string of the molecule is [CH]c1ccc(OC(F)(F)F)cc1C1=NCC(=O)O1. The lowest BCUT2D eigenvalue weighted by molar-refractivity contribution is -0.274. The number of rotatable bonds is 2. The maximum absolute atomic E-state index is 12.0. The molecule has 2 rings (SSSR count). The van der Waals surface area contributed by atoms with Crippen LogP contribution in [0.5, 0.6) is 5.75 Å². The monoisotopic (exact) mass is 257 g/mol. The van der Waals surface area contributed by atoms with E-state index >= 15 is 0 Å². The molecule has 7 heteroatoms. The molecule has 1 aromatic rings. The quantitative estimate of drug-likeness (QED) is 0.761. The molecule has 0 saturated heterocycles. The van der Waals surface area contributed by atoms with Gasteiger partial charge in [-0.1, -0.05) is 6.07 Å². The van der Waals surface area contributed by atoms with Crippen molar-refractivity contribution in [3.8, 4) is 5.75 Å². The van der Waals surface area contributed by atoms with E-state index in [4.69, 9.17) is 11.7 Å². The van der Waals surface area contributed by atoms with Crippen LogP contribution in [0, 0.1) is 6.92 Å². The van der Waals surface area contributed by atoms with Crippen molar-refractivity contribution >= 4 is 11.9 Å². The van der Waals surface area contributed by atoms with Gasteiger partial charge in [-0.3, -0.25) is 0 Å². The lowest BCUT2D eigenvalue weighted by Crippen LogP contribution is -2.17. The van der Waals surface area contributed by atoms with E-state index in [1.54, 1.807) is 0 Å². The minimum absolute atomic E-state index is 0.0857. The Kier molecular flexibility index (Phi) is 2.98. The van der Waals surface area contributed by atoms with Crippen LogP contribution in [-0.2, 0) is 9.53 Å². The zero-order valence-electron chi connectivity index (χ0n) is 8.82. The normalized spacial score (nSPS) is 15.3. The number of halogens is 3. The highest BCUT2D eigenvalue weighted by Gasteiger charge is 2.31. The molecule has 1 aromatic carbocycles. The largest absolute Gasteiger partial charge is 0.573 e. The van der Waals surface area contributed by atoms with Gasteiger partial charge in [-0.25, -0.2) is 9.79 Å². The number of carbonyl (C=O) groups excluding carboxylic acids is 1. The second-order valence-electron chi connectivity index (χ2n) is 3.39.